The van der Waals surface area contributed by atoms with E-state index in [1.165, 1.54) is 18.2 Å². The third-order valence-corrected chi connectivity index (χ3v) is 5.40. The zero-order chi connectivity index (χ0) is 24.0. The summed E-state index contributed by atoms with van der Waals surface area (Å²) in [5.74, 6) is -0.313. The quantitative estimate of drug-likeness (QED) is 0.316. The first-order valence-electron chi connectivity index (χ1n) is 10.5. The summed E-state index contributed by atoms with van der Waals surface area (Å²) in [6.45, 7) is 6.06. The number of hydrogen-bond donors (Lipinski definition) is 1. The van der Waals surface area contributed by atoms with Crippen molar-refractivity contribution in [1.29, 1.82) is 5.26 Å². The van der Waals surface area contributed by atoms with Gasteiger partial charge in [-0.1, -0.05) is 35.9 Å². The van der Waals surface area contributed by atoms with Gasteiger partial charge >= 0.3 is 0 Å². The standard InChI is InChI=1S/C27H24ClFN2O2/c1-4-33-26-15-20(14-24(28)23(26)13-19-6-5-7-22(29)12-19)11-21(16-30)27(32)31-25-10-17(2)8-9-18(25)3/h5-12,14-15H,4,13H2,1-3H3,(H,31,32)/b21-11+. The van der Waals surface area contributed by atoms with Crippen LogP contribution in [-0.2, 0) is 11.2 Å². The number of aryl methyl sites for hydroxylation is 2. The largest absolute Gasteiger partial charge is 0.494 e. The van der Waals surface area contributed by atoms with E-state index in [9.17, 15) is 14.4 Å². The number of rotatable bonds is 7. The molecule has 168 valence electrons. The number of carbonyl (C=O) groups is 1. The van der Waals surface area contributed by atoms with Crippen molar-refractivity contribution >= 4 is 29.3 Å². The van der Waals surface area contributed by atoms with Crippen LogP contribution < -0.4 is 10.1 Å². The molecule has 0 fully saturated rings. The highest BCUT2D eigenvalue weighted by molar-refractivity contribution is 6.31. The van der Waals surface area contributed by atoms with Gasteiger partial charge in [-0.2, -0.15) is 5.26 Å². The number of benzene rings is 3. The predicted molar refractivity (Wildman–Crippen MR) is 130 cm³/mol. The summed E-state index contributed by atoms with van der Waals surface area (Å²) >= 11 is 6.55. The second-order valence-corrected chi connectivity index (χ2v) is 8.07. The molecular formula is C27H24ClFN2O2. The number of nitrogens with one attached hydrogen (secondary N) is 1. The van der Waals surface area contributed by atoms with Crippen LogP contribution in [0, 0.1) is 31.0 Å². The Morgan fingerprint density at radius 1 is 1.18 bits per heavy atom. The van der Waals surface area contributed by atoms with Crippen LogP contribution in [0.3, 0.4) is 0 Å². The van der Waals surface area contributed by atoms with Gasteiger partial charge in [0.2, 0.25) is 0 Å². The van der Waals surface area contributed by atoms with Gasteiger partial charge in [-0.25, -0.2) is 4.39 Å². The third-order valence-electron chi connectivity index (χ3n) is 5.06. The molecule has 0 saturated heterocycles. The monoisotopic (exact) mass is 462 g/mol. The summed E-state index contributed by atoms with van der Waals surface area (Å²) in [5.41, 5.74) is 4.51. The smallest absolute Gasteiger partial charge is 0.266 e. The van der Waals surface area contributed by atoms with Gasteiger partial charge in [0.15, 0.2) is 0 Å². The van der Waals surface area contributed by atoms with Crippen molar-refractivity contribution in [2.45, 2.75) is 27.2 Å². The van der Waals surface area contributed by atoms with Gasteiger partial charge in [-0.05, 0) is 79.4 Å². The van der Waals surface area contributed by atoms with Gasteiger partial charge in [0.05, 0.1) is 6.61 Å². The van der Waals surface area contributed by atoms with Crippen LogP contribution in [0.2, 0.25) is 5.02 Å². The van der Waals surface area contributed by atoms with Crippen LogP contribution in [0.15, 0.2) is 60.2 Å². The van der Waals surface area contributed by atoms with Crippen molar-refractivity contribution in [2.75, 3.05) is 11.9 Å². The number of anilines is 1. The topological polar surface area (TPSA) is 62.1 Å². The number of halogens is 2. The highest BCUT2D eigenvalue weighted by Gasteiger charge is 2.15. The molecule has 3 aromatic carbocycles. The summed E-state index contributed by atoms with van der Waals surface area (Å²) in [5, 5.41) is 12.8. The Kier molecular flexibility index (Phi) is 7.87. The molecule has 0 bridgehead atoms. The fourth-order valence-electron chi connectivity index (χ4n) is 3.40. The van der Waals surface area contributed by atoms with Crippen LogP contribution in [-0.4, -0.2) is 12.5 Å². The van der Waals surface area contributed by atoms with Crippen LogP contribution in [0.4, 0.5) is 10.1 Å². The summed E-state index contributed by atoms with van der Waals surface area (Å²) in [4.78, 5) is 12.7. The summed E-state index contributed by atoms with van der Waals surface area (Å²) in [6.07, 6.45) is 1.86. The Labute approximate surface area is 198 Å². The molecule has 0 aliphatic carbocycles. The second kappa shape index (κ2) is 10.8. The summed E-state index contributed by atoms with van der Waals surface area (Å²) in [7, 11) is 0. The van der Waals surface area contributed by atoms with Crippen LogP contribution in [0.25, 0.3) is 6.08 Å². The van der Waals surface area contributed by atoms with Gasteiger partial charge < -0.3 is 10.1 Å². The number of nitriles is 1. The third kappa shape index (κ3) is 6.21. The van der Waals surface area contributed by atoms with Crippen molar-refractivity contribution in [3.63, 3.8) is 0 Å². The highest BCUT2D eigenvalue weighted by atomic mass is 35.5. The molecule has 1 amide bonds. The number of ether oxygens (including phenoxy) is 1. The molecular weight excluding hydrogens is 439 g/mol. The molecule has 0 aromatic heterocycles. The van der Waals surface area contributed by atoms with E-state index in [0.717, 1.165) is 16.7 Å². The highest BCUT2D eigenvalue weighted by Crippen LogP contribution is 2.32. The van der Waals surface area contributed by atoms with E-state index in [0.29, 0.717) is 40.6 Å². The zero-order valence-corrected chi connectivity index (χ0v) is 19.5. The molecule has 3 aromatic rings. The van der Waals surface area contributed by atoms with Crippen molar-refractivity contribution in [3.8, 4) is 11.8 Å². The Balaban J connectivity index is 1.93. The first-order valence-corrected chi connectivity index (χ1v) is 10.9. The predicted octanol–water partition coefficient (Wildman–Crippen LogP) is 6.63. The molecule has 0 unspecified atom stereocenters. The van der Waals surface area contributed by atoms with Gasteiger partial charge in [0.1, 0.15) is 23.2 Å². The minimum absolute atomic E-state index is 0.0627. The Morgan fingerprint density at radius 2 is 1.97 bits per heavy atom. The molecule has 0 aliphatic rings. The molecule has 0 atom stereocenters. The molecule has 0 spiro atoms. The fraction of sp³-hybridized carbons (Fsp3) is 0.185. The second-order valence-electron chi connectivity index (χ2n) is 7.66. The van der Waals surface area contributed by atoms with E-state index in [1.54, 1.807) is 18.2 Å². The maximum Gasteiger partial charge on any atom is 0.266 e. The lowest BCUT2D eigenvalue weighted by Gasteiger charge is -2.14. The van der Waals surface area contributed by atoms with Gasteiger partial charge in [-0.15, -0.1) is 0 Å². The lowest BCUT2D eigenvalue weighted by Crippen LogP contribution is -2.14. The lowest BCUT2D eigenvalue weighted by atomic mass is 10.0. The molecule has 0 radical (unpaired) electrons. The zero-order valence-electron chi connectivity index (χ0n) is 18.7. The number of nitrogens with zero attached hydrogens (tertiary/aromatic N) is 1. The fourth-order valence-corrected chi connectivity index (χ4v) is 3.68. The van der Waals surface area contributed by atoms with Gasteiger partial charge in [-0.3, -0.25) is 4.79 Å². The maximum atomic E-state index is 13.6. The average molecular weight is 463 g/mol. The molecule has 0 aliphatic heterocycles. The van der Waals surface area contributed by atoms with Crippen LogP contribution >= 0.6 is 11.6 Å². The van der Waals surface area contributed by atoms with Crippen molar-refractivity contribution in [2.24, 2.45) is 0 Å². The average Bonchev–Trinajstić information content (AvgIpc) is 2.77. The number of amides is 1. The number of carbonyl (C=O) groups excluding carboxylic acids is 1. The molecule has 6 heteroatoms. The Bertz CT molecular complexity index is 1260. The molecule has 3 rings (SSSR count). The van der Waals surface area contributed by atoms with Gasteiger partial charge in [0.25, 0.3) is 5.91 Å². The van der Waals surface area contributed by atoms with Gasteiger partial charge in [0, 0.05) is 22.7 Å². The van der Waals surface area contributed by atoms with E-state index in [-0.39, 0.29) is 11.4 Å². The van der Waals surface area contributed by atoms with Crippen LogP contribution in [0.5, 0.6) is 5.75 Å². The molecule has 0 heterocycles. The first-order chi connectivity index (χ1) is 15.8. The van der Waals surface area contributed by atoms with E-state index in [2.05, 4.69) is 5.32 Å². The first kappa shape index (κ1) is 24.0. The summed E-state index contributed by atoms with van der Waals surface area (Å²) in [6, 6.07) is 17.4. The van der Waals surface area contributed by atoms with E-state index in [1.807, 2.05) is 51.1 Å². The van der Waals surface area contributed by atoms with Crippen LogP contribution in [0.1, 0.15) is 34.7 Å². The van der Waals surface area contributed by atoms with E-state index < -0.39 is 5.91 Å². The van der Waals surface area contributed by atoms with Crippen molar-refractivity contribution in [3.05, 3.63) is 98.8 Å². The maximum absolute atomic E-state index is 13.6. The minimum Gasteiger partial charge on any atom is -0.494 e. The van der Waals surface area contributed by atoms with Crippen molar-refractivity contribution in [1.82, 2.24) is 0 Å². The van der Waals surface area contributed by atoms with E-state index in [4.69, 9.17) is 16.3 Å². The number of hydrogen-bond acceptors (Lipinski definition) is 3. The molecule has 4 nitrogen and oxygen atoms in total. The summed E-state index contributed by atoms with van der Waals surface area (Å²) < 4.78 is 19.4. The molecule has 33 heavy (non-hydrogen) atoms. The lowest BCUT2D eigenvalue weighted by molar-refractivity contribution is -0.112. The molecule has 1 N–H and O–H groups in total. The molecule has 0 saturated carbocycles. The normalized spacial score (nSPS) is 11.1. The van der Waals surface area contributed by atoms with E-state index >= 15 is 0 Å². The Hall–Kier alpha value is -3.62. The van der Waals surface area contributed by atoms with Crippen molar-refractivity contribution < 1.29 is 13.9 Å². The Morgan fingerprint density at radius 3 is 2.67 bits per heavy atom. The minimum atomic E-state index is -0.510. The SMILES string of the molecule is CCOc1cc(/C=C(\C#N)C(=O)Nc2cc(C)ccc2C)cc(Cl)c1Cc1cccc(F)c1.